The van der Waals surface area contributed by atoms with Gasteiger partial charge in [-0.25, -0.2) is 0 Å². The number of aliphatic hydroxyl groups excluding tert-OH is 1. The van der Waals surface area contributed by atoms with Gasteiger partial charge in [0.2, 0.25) is 0 Å². The van der Waals surface area contributed by atoms with Crippen LogP contribution in [-0.4, -0.2) is 5.11 Å². The summed E-state index contributed by atoms with van der Waals surface area (Å²) in [5, 5.41) is 9.62. The lowest BCUT2D eigenvalue weighted by Gasteiger charge is -2.39. The third kappa shape index (κ3) is 1.71. The summed E-state index contributed by atoms with van der Waals surface area (Å²) in [4.78, 5) is 0. The van der Waals surface area contributed by atoms with Gasteiger partial charge in [0.15, 0.2) is 0 Å². The van der Waals surface area contributed by atoms with Crippen molar-refractivity contribution in [3.8, 4) is 0 Å². The maximum absolute atomic E-state index is 9.62. The minimum absolute atomic E-state index is 0.360. The fraction of sp³-hybridized carbons (Fsp3) is 0.667. The number of hydrogen-bond donors (Lipinski definition) is 1. The van der Waals surface area contributed by atoms with Crippen LogP contribution in [0.25, 0.3) is 0 Å². The van der Waals surface area contributed by atoms with Crippen LogP contribution >= 0.6 is 0 Å². The first kappa shape index (κ1) is 13.2. The Morgan fingerprint density at radius 3 is 2.21 bits per heavy atom. The van der Waals surface area contributed by atoms with Crippen LogP contribution in [0.1, 0.15) is 70.1 Å². The molecule has 0 amide bonds. The van der Waals surface area contributed by atoms with Crippen molar-refractivity contribution < 1.29 is 5.11 Å². The second-order valence-corrected chi connectivity index (χ2v) is 7.51. The van der Waals surface area contributed by atoms with Crippen molar-refractivity contribution in [3.63, 3.8) is 0 Å². The van der Waals surface area contributed by atoms with Gasteiger partial charge in [0, 0.05) is 0 Å². The monoisotopic (exact) mass is 258 g/mol. The Labute approximate surface area is 117 Å². The number of benzene rings is 1. The molecule has 0 radical (unpaired) electrons. The zero-order valence-corrected chi connectivity index (χ0v) is 12.6. The topological polar surface area (TPSA) is 20.2 Å². The first-order valence-corrected chi connectivity index (χ1v) is 7.64. The summed E-state index contributed by atoms with van der Waals surface area (Å²) >= 11 is 0. The van der Waals surface area contributed by atoms with Gasteiger partial charge in [0.25, 0.3) is 0 Å². The average molecular weight is 258 g/mol. The smallest absolute Gasteiger partial charge is 0.0761 e. The fourth-order valence-electron chi connectivity index (χ4n) is 4.71. The lowest BCUT2D eigenvalue weighted by atomic mass is 9.65. The Kier molecular flexibility index (Phi) is 2.83. The summed E-state index contributed by atoms with van der Waals surface area (Å²) < 4.78 is 0. The second kappa shape index (κ2) is 4.09. The van der Waals surface area contributed by atoms with E-state index in [0.717, 1.165) is 11.5 Å². The molecule has 1 N–H and O–H groups in total. The molecule has 2 bridgehead atoms. The quantitative estimate of drug-likeness (QED) is 0.817. The van der Waals surface area contributed by atoms with Crippen molar-refractivity contribution in [2.24, 2.45) is 16.7 Å². The Balaban J connectivity index is 1.92. The van der Waals surface area contributed by atoms with E-state index in [4.69, 9.17) is 0 Å². The molecule has 1 aromatic carbocycles. The number of aliphatic hydroxyl groups is 1. The Hall–Kier alpha value is -0.820. The third-order valence-electron chi connectivity index (χ3n) is 6.62. The largest absolute Gasteiger partial charge is 0.389 e. The molecule has 2 saturated carbocycles. The van der Waals surface area contributed by atoms with Crippen molar-refractivity contribution in [1.29, 1.82) is 0 Å². The van der Waals surface area contributed by atoms with Crippen molar-refractivity contribution in [2.75, 3.05) is 0 Å². The lowest BCUT2D eigenvalue weighted by molar-refractivity contribution is 0.134. The van der Waals surface area contributed by atoms with Crippen LogP contribution in [0.2, 0.25) is 0 Å². The molecule has 0 spiro atoms. The van der Waals surface area contributed by atoms with E-state index in [-0.39, 0.29) is 6.10 Å². The average Bonchev–Trinajstić information content (AvgIpc) is 2.71. The van der Waals surface area contributed by atoms with Crippen LogP contribution in [0, 0.1) is 16.7 Å². The molecule has 1 heteroatoms. The molecular formula is C18H26O. The summed E-state index contributed by atoms with van der Waals surface area (Å²) in [6.07, 6.45) is 3.76. The van der Waals surface area contributed by atoms with Crippen LogP contribution < -0.4 is 0 Å². The Bertz CT molecular complexity index is 471. The first-order chi connectivity index (χ1) is 8.86. The summed E-state index contributed by atoms with van der Waals surface area (Å²) in [7, 11) is 0. The minimum Gasteiger partial charge on any atom is -0.389 e. The van der Waals surface area contributed by atoms with Crippen molar-refractivity contribution >= 4 is 0 Å². The van der Waals surface area contributed by atoms with Crippen molar-refractivity contribution in [3.05, 3.63) is 35.4 Å². The molecular weight excluding hydrogens is 232 g/mol. The molecule has 0 aromatic heterocycles. The van der Waals surface area contributed by atoms with Gasteiger partial charge in [-0.3, -0.25) is 0 Å². The van der Waals surface area contributed by atoms with Gasteiger partial charge in [-0.1, -0.05) is 45.0 Å². The normalized spacial score (nSPS) is 37.5. The molecule has 0 aliphatic heterocycles. The predicted octanol–water partition coefficient (Wildman–Crippen LogP) is 4.67. The van der Waals surface area contributed by atoms with E-state index in [1.165, 1.54) is 24.8 Å². The zero-order valence-electron chi connectivity index (χ0n) is 12.6. The SMILES string of the molecule is CC(O)c1ccc(C2CC3CCC2(C)C3(C)C)cc1. The molecule has 4 unspecified atom stereocenters. The molecule has 1 aromatic rings. The van der Waals surface area contributed by atoms with Gasteiger partial charge in [-0.15, -0.1) is 0 Å². The maximum atomic E-state index is 9.62. The highest BCUT2D eigenvalue weighted by Gasteiger charge is 2.61. The highest BCUT2D eigenvalue weighted by atomic mass is 16.3. The number of hydrogen-bond acceptors (Lipinski definition) is 1. The lowest BCUT2D eigenvalue weighted by Crippen LogP contribution is -2.31. The predicted molar refractivity (Wildman–Crippen MR) is 79.0 cm³/mol. The first-order valence-electron chi connectivity index (χ1n) is 7.64. The Morgan fingerprint density at radius 1 is 1.16 bits per heavy atom. The third-order valence-corrected chi connectivity index (χ3v) is 6.62. The van der Waals surface area contributed by atoms with E-state index in [1.54, 1.807) is 0 Å². The van der Waals surface area contributed by atoms with Crippen LogP contribution in [0.5, 0.6) is 0 Å². The van der Waals surface area contributed by atoms with Crippen molar-refractivity contribution in [1.82, 2.24) is 0 Å². The standard InChI is InChI=1S/C18H26O/c1-12(19)13-5-7-14(8-6-13)16-11-15-9-10-18(16,4)17(15,2)3/h5-8,12,15-16,19H,9-11H2,1-4H3. The molecule has 2 aliphatic rings. The van der Waals surface area contributed by atoms with Gasteiger partial charge in [0.1, 0.15) is 0 Å². The number of fused-ring (bicyclic) bond motifs is 2. The molecule has 104 valence electrons. The van der Waals surface area contributed by atoms with Crippen LogP contribution in [0.15, 0.2) is 24.3 Å². The van der Waals surface area contributed by atoms with E-state index >= 15 is 0 Å². The van der Waals surface area contributed by atoms with Crippen LogP contribution in [0.3, 0.4) is 0 Å². The van der Waals surface area contributed by atoms with Gasteiger partial charge in [-0.05, 0) is 60.0 Å². The summed E-state index contributed by atoms with van der Waals surface area (Å²) in [5.74, 6) is 1.59. The summed E-state index contributed by atoms with van der Waals surface area (Å²) in [5.41, 5.74) is 3.42. The van der Waals surface area contributed by atoms with Crippen LogP contribution in [-0.2, 0) is 0 Å². The van der Waals surface area contributed by atoms with Gasteiger partial charge in [-0.2, -0.15) is 0 Å². The highest BCUT2D eigenvalue weighted by molar-refractivity contribution is 5.31. The highest BCUT2D eigenvalue weighted by Crippen LogP contribution is 2.70. The fourth-order valence-corrected chi connectivity index (χ4v) is 4.71. The van der Waals surface area contributed by atoms with E-state index in [2.05, 4.69) is 45.0 Å². The molecule has 3 rings (SSSR count). The van der Waals surface area contributed by atoms with Crippen LogP contribution in [0.4, 0.5) is 0 Å². The molecule has 0 heterocycles. The molecule has 19 heavy (non-hydrogen) atoms. The molecule has 2 aliphatic carbocycles. The second-order valence-electron chi connectivity index (χ2n) is 7.51. The Morgan fingerprint density at radius 2 is 1.79 bits per heavy atom. The zero-order chi connectivity index (χ0) is 13.8. The van der Waals surface area contributed by atoms with E-state index in [0.29, 0.717) is 16.7 Å². The molecule has 2 fully saturated rings. The van der Waals surface area contributed by atoms with Crippen molar-refractivity contribution in [2.45, 2.75) is 59.0 Å². The van der Waals surface area contributed by atoms with E-state index in [1.807, 2.05) is 6.92 Å². The van der Waals surface area contributed by atoms with E-state index < -0.39 is 0 Å². The minimum atomic E-state index is -0.360. The van der Waals surface area contributed by atoms with Gasteiger partial charge < -0.3 is 5.11 Å². The molecule has 4 atom stereocenters. The molecule has 0 saturated heterocycles. The summed E-state index contributed by atoms with van der Waals surface area (Å²) in [6.45, 7) is 9.26. The summed E-state index contributed by atoms with van der Waals surface area (Å²) in [6, 6.07) is 8.69. The van der Waals surface area contributed by atoms with Gasteiger partial charge >= 0.3 is 0 Å². The van der Waals surface area contributed by atoms with E-state index in [9.17, 15) is 5.11 Å². The van der Waals surface area contributed by atoms with Gasteiger partial charge in [0.05, 0.1) is 6.10 Å². The number of rotatable bonds is 2. The molecule has 1 nitrogen and oxygen atoms in total. The maximum Gasteiger partial charge on any atom is 0.0761 e.